The van der Waals surface area contributed by atoms with Crippen molar-refractivity contribution in [2.24, 2.45) is 0 Å². The number of benzene rings is 1. The maximum atomic E-state index is 13.2. The summed E-state index contributed by atoms with van der Waals surface area (Å²) in [5, 5.41) is 10.8. The highest BCUT2D eigenvalue weighted by molar-refractivity contribution is 5.97. The van der Waals surface area contributed by atoms with Crippen molar-refractivity contribution in [3.63, 3.8) is 0 Å². The summed E-state index contributed by atoms with van der Waals surface area (Å²) in [4.78, 5) is 18.5. The van der Waals surface area contributed by atoms with Gasteiger partial charge in [0.05, 0.1) is 25.4 Å². The number of hydrogen-bond donors (Lipinski definition) is 1. The van der Waals surface area contributed by atoms with E-state index in [1.165, 1.54) is 12.1 Å². The van der Waals surface area contributed by atoms with Crippen molar-refractivity contribution >= 4 is 17.9 Å². The van der Waals surface area contributed by atoms with Crippen molar-refractivity contribution in [2.45, 2.75) is 25.6 Å². The number of aromatic nitrogens is 1. The van der Waals surface area contributed by atoms with Crippen LogP contribution >= 0.6 is 0 Å². The Balaban J connectivity index is 1.72. The normalized spacial score (nSPS) is 18.9. The summed E-state index contributed by atoms with van der Waals surface area (Å²) in [5.41, 5.74) is 2.71. The molecular weight excluding hydrogens is 363 g/mol. The van der Waals surface area contributed by atoms with Gasteiger partial charge in [-0.05, 0) is 42.3 Å². The number of nitrogens with zero attached hydrogens (tertiary/aromatic N) is 2. The van der Waals surface area contributed by atoms with Crippen molar-refractivity contribution < 1.29 is 23.8 Å². The molecule has 2 aromatic rings. The van der Waals surface area contributed by atoms with Crippen LogP contribution in [0.3, 0.4) is 0 Å². The van der Waals surface area contributed by atoms with Crippen LogP contribution < -0.4 is 4.90 Å². The van der Waals surface area contributed by atoms with Crippen LogP contribution in [0.5, 0.6) is 0 Å². The van der Waals surface area contributed by atoms with E-state index < -0.39 is 12.2 Å². The number of fused-ring (bicyclic) bond motifs is 1. The molecule has 1 aromatic carbocycles. The van der Waals surface area contributed by atoms with Gasteiger partial charge in [0.25, 0.3) is 0 Å². The Morgan fingerprint density at radius 1 is 1.36 bits per heavy atom. The van der Waals surface area contributed by atoms with Gasteiger partial charge in [0.15, 0.2) is 6.23 Å². The molecule has 1 aromatic heterocycles. The molecule has 1 unspecified atom stereocenters. The highest BCUT2D eigenvalue weighted by Crippen LogP contribution is 2.35. The number of aliphatic hydroxyl groups is 1. The van der Waals surface area contributed by atoms with Crippen LogP contribution in [0.25, 0.3) is 6.08 Å². The van der Waals surface area contributed by atoms with Crippen LogP contribution in [0.4, 0.5) is 10.2 Å². The molecule has 0 aliphatic carbocycles. The van der Waals surface area contributed by atoms with Gasteiger partial charge in [-0.3, -0.25) is 0 Å². The van der Waals surface area contributed by atoms with Crippen LogP contribution in [0, 0.1) is 5.82 Å². The highest BCUT2D eigenvalue weighted by atomic mass is 19.1. The lowest BCUT2D eigenvalue weighted by Gasteiger charge is -2.35. The Labute approximate surface area is 162 Å². The van der Waals surface area contributed by atoms with E-state index in [2.05, 4.69) is 4.98 Å². The van der Waals surface area contributed by atoms with Crippen LogP contribution in [0.1, 0.15) is 29.5 Å². The van der Waals surface area contributed by atoms with Crippen LogP contribution in [-0.4, -0.2) is 42.1 Å². The number of esters is 1. The molecule has 0 spiro atoms. The molecule has 2 aliphatic heterocycles. The van der Waals surface area contributed by atoms with Gasteiger partial charge in [-0.1, -0.05) is 12.1 Å². The number of aliphatic hydroxyl groups excluding tert-OH is 1. The van der Waals surface area contributed by atoms with E-state index in [0.29, 0.717) is 19.0 Å². The van der Waals surface area contributed by atoms with Crippen molar-refractivity contribution in [3.8, 4) is 0 Å². The molecule has 0 amide bonds. The molecule has 0 bridgehead atoms. The van der Waals surface area contributed by atoms with Crippen LogP contribution in [0.2, 0.25) is 0 Å². The monoisotopic (exact) mass is 384 g/mol. The minimum atomic E-state index is -1.21. The number of carbonyl (C=O) groups excluding carboxylic acids is 1. The average molecular weight is 384 g/mol. The molecule has 3 heterocycles. The lowest BCUT2D eigenvalue weighted by atomic mass is 9.95. The third kappa shape index (κ3) is 3.50. The summed E-state index contributed by atoms with van der Waals surface area (Å²) < 4.78 is 23.6. The summed E-state index contributed by atoms with van der Waals surface area (Å²) in [6, 6.07) is 7.98. The van der Waals surface area contributed by atoms with E-state index in [1.807, 2.05) is 6.07 Å². The second kappa shape index (κ2) is 7.69. The SMILES string of the molecule is CCOC(=O)C1=Cc2cc(C3COC3)cnc2N(Cc2ccc(F)cc2)C1O. The minimum Gasteiger partial charge on any atom is -0.463 e. The first-order chi connectivity index (χ1) is 13.6. The lowest BCUT2D eigenvalue weighted by molar-refractivity contribution is -0.139. The van der Waals surface area contributed by atoms with Gasteiger partial charge in [-0.25, -0.2) is 14.2 Å². The van der Waals surface area contributed by atoms with Gasteiger partial charge in [0.1, 0.15) is 11.6 Å². The molecule has 2 aliphatic rings. The van der Waals surface area contributed by atoms with E-state index in [-0.39, 0.29) is 30.5 Å². The predicted octanol–water partition coefficient (Wildman–Crippen LogP) is 2.62. The van der Waals surface area contributed by atoms with E-state index in [0.717, 1.165) is 16.7 Å². The average Bonchev–Trinajstić information content (AvgIpc) is 2.64. The zero-order valence-corrected chi connectivity index (χ0v) is 15.5. The van der Waals surface area contributed by atoms with E-state index in [4.69, 9.17) is 9.47 Å². The molecule has 1 N–H and O–H groups in total. The van der Waals surface area contributed by atoms with Gasteiger partial charge < -0.3 is 19.5 Å². The minimum absolute atomic E-state index is 0.153. The fraction of sp³-hybridized carbons (Fsp3) is 0.333. The fourth-order valence-corrected chi connectivity index (χ4v) is 3.34. The standard InChI is InChI=1S/C21H21FN2O4/c1-2-28-21(26)18-8-14-7-15(16-11-27-12-16)9-23-19(14)24(20(18)25)10-13-3-5-17(22)6-4-13/h3-9,16,20,25H,2,10-12H2,1H3. The Kier molecular flexibility index (Phi) is 5.11. The van der Waals surface area contributed by atoms with Crippen LogP contribution in [-0.2, 0) is 20.8 Å². The summed E-state index contributed by atoms with van der Waals surface area (Å²) in [5.74, 6) is -0.0495. The number of ether oxygens (including phenoxy) is 2. The summed E-state index contributed by atoms with van der Waals surface area (Å²) in [6.45, 7) is 3.50. The molecule has 7 heteroatoms. The van der Waals surface area contributed by atoms with Gasteiger partial charge in [-0.15, -0.1) is 0 Å². The number of carbonyl (C=O) groups is 1. The first-order valence-electron chi connectivity index (χ1n) is 9.22. The molecule has 4 rings (SSSR count). The van der Waals surface area contributed by atoms with Gasteiger partial charge in [0.2, 0.25) is 0 Å². The van der Waals surface area contributed by atoms with Crippen molar-refractivity contribution in [1.29, 1.82) is 0 Å². The second-order valence-electron chi connectivity index (χ2n) is 6.86. The molecule has 28 heavy (non-hydrogen) atoms. The smallest absolute Gasteiger partial charge is 0.338 e. The third-order valence-electron chi connectivity index (χ3n) is 4.96. The van der Waals surface area contributed by atoms with Gasteiger partial charge >= 0.3 is 5.97 Å². The van der Waals surface area contributed by atoms with E-state index in [9.17, 15) is 14.3 Å². The maximum absolute atomic E-state index is 13.2. The summed E-state index contributed by atoms with van der Waals surface area (Å²) in [7, 11) is 0. The van der Waals surface area contributed by atoms with Crippen LogP contribution in [0.15, 0.2) is 42.1 Å². The number of hydrogen-bond acceptors (Lipinski definition) is 6. The first kappa shape index (κ1) is 18.6. The Hall–Kier alpha value is -2.77. The first-order valence-corrected chi connectivity index (χ1v) is 9.22. The van der Waals surface area contributed by atoms with Gasteiger partial charge in [-0.2, -0.15) is 0 Å². The number of anilines is 1. The van der Waals surface area contributed by atoms with E-state index in [1.54, 1.807) is 36.2 Å². The Morgan fingerprint density at radius 3 is 2.75 bits per heavy atom. The van der Waals surface area contributed by atoms with Crippen molar-refractivity contribution in [3.05, 3.63) is 64.6 Å². The lowest BCUT2D eigenvalue weighted by Crippen LogP contribution is -2.42. The molecule has 6 nitrogen and oxygen atoms in total. The molecule has 0 radical (unpaired) electrons. The highest BCUT2D eigenvalue weighted by Gasteiger charge is 2.33. The largest absolute Gasteiger partial charge is 0.463 e. The topological polar surface area (TPSA) is 71.9 Å². The van der Waals surface area contributed by atoms with E-state index >= 15 is 0 Å². The number of halogens is 1. The molecule has 0 saturated carbocycles. The Bertz CT molecular complexity index is 909. The zero-order valence-electron chi connectivity index (χ0n) is 15.5. The van der Waals surface area contributed by atoms with Crippen molar-refractivity contribution in [1.82, 2.24) is 4.98 Å². The maximum Gasteiger partial charge on any atom is 0.338 e. The van der Waals surface area contributed by atoms with Gasteiger partial charge in [0, 0.05) is 24.2 Å². The third-order valence-corrected chi connectivity index (χ3v) is 4.96. The number of pyridine rings is 1. The fourth-order valence-electron chi connectivity index (χ4n) is 3.34. The molecule has 1 fully saturated rings. The number of rotatable bonds is 5. The Morgan fingerprint density at radius 2 is 2.11 bits per heavy atom. The summed E-state index contributed by atoms with van der Waals surface area (Å²) in [6.07, 6.45) is 2.20. The predicted molar refractivity (Wildman–Crippen MR) is 101 cm³/mol. The summed E-state index contributed by atoms with van der Waals surface area (Å²) >= 11 is 0. The quantitative estimate of drug-likeness (QED) is 0.799. The molecule has 1 atom stereocenters. The van der Waals surface area contributed by atoms with Crippen molar-refractivity contribution in [2.75, 3.05) is 24.7 Å². The molecule has 146 valence electrons. The molecule has 1 saturated heterocycles. The zero-order chi connectivity index (χ0) is 19.7. The second-order valence-corrected chi connectivity index (χ2v) is 6.86. The molecular formula is C21H21FN2O4.